The molecule has 5 aliphatic rings. The van der Waals surface area contributed by atoms with Crippen molar-refractivity contribution in [2.24, 2.45) is 23.7 Å². The average molecular weight is 508 g/mol. The van der Waals surface area contributed by atoms with Gasteiger partial charge in [-0.05, 0) is 125 Å². The van der Waals surface area contributed by atoms with Gasteiger partial charge in [0.05, 0.1) is 0 Å². The fourth-order valence-electron chi connectivity index (χ4n) is 9.08. The summed E-state index contributed by atoms with van der Waals surface area (Å²) in [6.07, 6.45) is 7.00. The first-order chi connectivity index (χ1) is 17.6. The Kier molecular flexibility index (Phi) is 4.63. The van der Waals surface area contributed by atoms with Crippen molar-refractivity contribution in [3.8, 4) is 33.4 Å². The molecule has 5 aliphatic carbocycles. The van der Waals surface area contributed by atoms with Crippen LogP contribution >= 0.6 is 23.2 Å². The predicted molar refractivity (Wildman–Crippen MR) is 151 cm³/mol. The van der Waals surface area contributed by atoms with Gasteiger partial charge in [-0.15, -0.1) is 0 Å². The van der Waals surface area contributed by atoms with Crippen LogP contribution in [0, 0.1) is 23.7 Å². The van der Waals surface area contributed by atoms with E-state index in [0.717, 1.165) is 33.7 Å². The Balaban J connectivity index is 1.48. The van der Waals surface area contributed by atoms with Crippen molar-refractivity contribution >= 4 is 23.2 Å². The van der Waals surface area contributed by atoms with Crippen molar-refractivity contribution in [2.75, 3.05) is 0 Å². The molecule has 0 aromatic heterocycles. The van der Waals surface area contributed by atoms with Crippen LogP contribution in [0.15, 0.2) is 84.9 Å². The molecule has 4 aromatic rings. The first kappa shape index (κ1) is 21.5. The monoisotopic (exact) mass is 506 g/mol. The quantitative estimate of drug-likeness (QED) is 0.253. The summed E-state index contributed by atoms with van der Waals surface area (Å²) < 4.78 is 0. The van der Waals surface area contributed by atoms with Gasteiger partial charge < -0.3 is 0 Å². The normalized spacial score (nSPS) is 26.3. The zero-order valence-corrected chi connectivity index (χ0v) is 21.7. The Hall–Kier alpha value is -2.54. The number of fused-ring (bicyclic) bond motifs is 3. The van der Waals surface area contributed by atoms with E-state index < -0.39 is 0 Å². The smallest absolute Gasteiger partial charge is 0.0412 e. The first-order valence-corrected chi connectivity index (χ1v) is 14.2. The minimum atomic E-state index is 0.126. The molecule has 1 spiro atoms. The molecular formula is C34H28Cl2. The summed E-state index contributed by atoms with van der Waals surface area (Å²) >= 11 is 13.0. The van der Waals surface area contributed by atoms with E-state index in [4.69, 9.17) is 23.2 Å². The lowest BCUT2D eigenvalue weighted by Gasteiger charge is -2.61. The highest BCUT2D eigenvalue weighted by molar-refractivity contribution is 6.31. The molecule has 0 nitrogen and oxygen atoms in total. The lowest BCUT2D eigenvalue weighted by atomic mass is 9.43. The molecule has 178 valence electrons. The van der Waals surface area contributed by atoms with Crippen LogP contribution in [0.2, 0.25) is 10.0 Å². The van der Waals surface area contributed by atoms with E-state index in [2.05, 4.69) is 72.8 Å². The highest BCUT2D eigenvalue weighted by Gasteiger charge is 2.62. The lowest BCUT2D eigenvalue weighted by Crippen LogP contribution is -2.55. The zero-order chi connectivity index (χ0) is 24.0. The van der Waals surface area contributed by atoms with Crippen LogP contribution in [-0.2, 0) is 5.41 Å². The summed E-state index contributed by atoms with van der Waals surface area (Å²) in [6.45, 7) is 0. The van der Waals surface area contributed by atoms with Gasteiger partial charge in [0.2, 0.25) is 0 Å². The first-order valence-electron chi connectivity index (χ1n) is 13.4. The van der Waals surface area contributed by atoms with E-state index in [1.807, 2.05) is 12.1 Å². The molecule has 0 aliphatic heterocycles. The van der Waals surface area contributed by atoms with Gasteiger partial charge in [0.1, 0.15) is 0 Å². The number of hydrogen-bond donors (Lipinski definition) is 0. The van der Waals surface area contributed by atoms with E-state index in [1.54, 1.807) is 11.1 Å². The molecule has 0 atom stereocenters. The van der Waals surface area contributed by atoms with Crippen LogP contribution in [0.25, 0.3) is 33.4 Å². The molecule has 0 unspecified atom stereocenters. The molecule has 4 saturated carbocycles. The summed E-state index contributed by atoms with van der Waals surface area (Å²) in [5, 5.41) is 1.58. The molecule has 0 amide bonds. The van der Waals surface area contributed by atoms with Gasteiger partial charge in [-0.2, -0.15) is 0 Å². The fourth-order valence-corrected chi connectivity index (χ4v) is 9.46. The third-order valence-electron chi connectivity index (χ3n) is 9.97. The van der Waals surface area contributed by atoms with Crippen molar-refractivity contribution in [3.63, 3.8) is 0 Å². The Bertz CT molecular complexity index is 1410. The van der Waals surface area contributed by atoms with E-state index in [-0.39, 0.29) is 5.41 Å². The number of benzene rings is 4. The van der Waals surface area contributed by atoms with Crippen LogP contribution in [0.3, 0.4) is 0 Å². The molecular weight excluding hydrogens is 479 g/mol. The Labute approximate surface area is 223 Å². The maximum absolute atomic E-state index is 6.52. The van der Waals surface area contributed by atoms with Crippen molar-refractivity contribution in [1.29, 1.82) is 0 Å². The zero-order valence-electron chi connectivity index (χ0n) is 20.2. The van der Waals surface area contributed by atoms with Gasteiger partial charge >= 0.3 is 0 Å². The third-order valence-corrected chi connectivity index (χ3v) is 10.4. The van der Waals surface area contributed by atoms with Crippen molar-refractivity contribution < 1.29 is 0 Å². The summed E-state index contributed by atoms with van der Waals surface area (Å²) in [7, 11) is 0. The molecule has 0 saturated heterocycles. The molecule has 0 N–H and O–H groups in total. The van der Waals surface area contributed by atoms with E-state index >= 15 is 0 Å². The largest absolute Gasteiger partial charge is 0.0843 e. The maximum atomic E-state index is 6.52. The average Bonchev–Trinajstić information content (AvgIpc) is 3.18. The van der Waals surface area contributed by atoms with Crippen molar-refractivity contribution in [1.82, 2.24) is 0 Å². The van der Waals surface area contributed by atoms with Crippen LogP contribution in [0.5, 0.6) is 0 Å². The van der Waals surface area contributed by atoms with Crippen LogP contribution in [0.4, 0.5) is 0 Å². The Morgan fingerprint density at radius 3 is 1.42 bits per heavy atom. The standard InChI is InChI=1S/C34H28Cl2/c35-26-7-1-5-22(18-26)28-9-3-11-30-32(28)33-29(23-6-2-8-27(36)19-23)10-4-12-31(33)34(30)24-14-20-13-21(16-24)17-25(34)15-20/h1-12,18-21,24-25H,13-17H2. The molecule has 9 rings (SSSR count). The summed E-state index contributed by atoms with van der Waals surface area (Å²) in [5.74, 6) is 3.33. The van der Waals surface area contributed by atoms with Gasteiger partial charge in [-0.1, -0.05) is 83.9 Å². The third kappa shape index (κ3) is 2.84. The van der Waals surface area contributed by atoms with E-state index in [0.29, 0.717) is 0 Å². The van der Waals surface area contributed by atoms with Gasteiger partial charge in [0.15, 0.2) is 0 Å². The second-order valence-electron chi connectivity index (χ2n) is 11.7. The van der Waals surface area contributed by atoms with E-state index in [9.17, 15) is 0 Å². The lowest BCUT2D eigenvalue weighted by molar-refractivity contribution is -0.0399. The molecule has 4 fully saturated rings. The van der Waals surface area contributed by atoms with E-state index in [1.165, 1.54) is 65.5 Å². The van der Waals surface area contributed by atoms with Crippen molar-refractivity contribution in [3.05, 3.63) is 106 Å². The second kappa shape index (κ2) is 7.73. The maximum Gasteiger partial charge on any atom is 0.0412 e. The predicted octanol–water partition coefficient (Wildman–Crippen LogP) is 10.0. The molecule has 0 radical (unpaired) electrons. The highest BCUT2D eigenvalue weighted by atomic mass is 35.5. The van der Waals surface area contributed by atoms with Gasteiger partial charge in [0.25, 0.3) is 0 Å². The SMILES string of the molecule is Clc1cccc(-c2cccc3c2-c2c(-c4cccc(Cl)c4)cccc2C32C3CC4CC(C3)CC2C4)c1. The molecule has 2 heteroatoms. The molecule has 4 bridgehead atoms. The van der Waals surface area contributed by atoms with Crippen molar-refractivity contribution in [2.45, 2.75) is 37.5 Å². The van der Waals surface area contributed by atoms with Gasteiger partial charge in [0, 0.05) is 15.5 Å². The number of hydrogen-bond acceptors (Lipinski definition) is 0. The number of rotatable bonds is 2. The minimum Gasteiger partial charge on any atom is -0.0843 e. The second-order valence-corrected chi connectivity index (χ2v) is 12.5. The molecule has 0 heterocycles. The minimum absolute atomic E-state index is 0.126. The summed E-state index contributed by atoms with van der Waals surface area (Å²) in [4.78, 5) is 0. The highest BCUT2D eigenvalue weighted by Crippen LogP contribution is 2.70. The summed E-state index contributed by atoms with van der Waals surface area (Å²) in [6, 6.07) is 30.9. The summed E-state index contributed by atoms with van der Waals surface area (Å²) in [5.41, 5.74) is 11.1. The fraction of sp³-hybridized carbons (Fsp3) is 0.294. The van der Waals surface area contributed by atoms with Crippen LogP contribution in [-0.4, -0.2) is 0 Å². The van der Waals surface area contributed by atoms with Gasteiger partial charge in [-0.25, -0.2) is 0 Å². The van der Waals surface area contributed by atoms with Crippen LogP contribution in [0.1, 0.15) is 43.2 Å². The number of halogens is 2. The molecule has 4 aromatic carbocycles. The Morgan fingerprint density at radius 1 is 0.528 bits per heavy atom. The molecule has 36 heavy (non-hydrogen) atoms. The van der Waals surface area contributed by atoms with Crippen LogP contribution < -0.4 is 0 Å². The topological polar surface area (TPSA) is 0 Å². The van der Waals surface area contributed by atoms with Gasteiger partial charge in [-0.3, -0.25) is 0 Å². The Morgan fingerprint density at radius 2 is 0.972 bits per heavy atom.